The third-order valence-electron chi connectivity index (χ3n) is 14.2. The Balaban J connectivity index is 5.16. The number of hydrogen-bond donors (Lipinski definition) is 1. The molecule has 0 bridgehead atoms. The molecule has 0 radical (unpaired) electrons. The van der Waals surface area contributed by atoms with E-state index in [1.54, 1.807) is 0 Å². The highest BCUT2D eigenvalue weighted by Crippen LogP contribution is 2.38. The standard InChI is InChI=1S/C65H123N2O7P/c1-7-10-13-16-19-22-25-27-29-31-32-33-34-36-37-39-42-45-48-51-54-57-64(68)66-62(61-73-75(70,71)72-60-59-67(4,5)6)63(56-53-50-47-44-41-24-21-18-15-12-9-3)74-65(69)58-55-52-49-46-43-40-38-35-30-28-26-23-20-17-14-11-8-2/h19,22,27-30,53,56,62-63H,7-18,20-21,23-26,31-52,54-55,57-61H2,1-6H3,(H-,66,68,70,71)/b22-19-,29-27-,30-28+,56-53-. The Morgan fingerprint density at radius 2 is 0.813 bits per heavy atom. The zero-order chi connectivity index (χ0) is 55.0. The molecule has 0 aliphatic rings. The number of unbranched alkanes of at least 4 members (excludes halogenated alkanes) is 36. The van der Waals surface area contributed by atoms with Gasteiger partial charge in [-0.2, -0.15) is 0 Å². The van der Waals surface area contributed by atoms with Crippen LogP contribution in [0, 0.1) is 0 Å². The van der Waals surface area contributed by atoms with E-state index in [4.69, 9.17) is 13.8 Å². The fraction of sp³-hybridized carbons (Fsp3) is 0.846. The van der Waals surface area contributed by atoms with Crippen molar-refractivity contribution in [2.24, 2.45) is 0 Å². The van der Waals surface area contributed by atoms with Crippen LogP contribution in [0.25, 0.3) is 0 Å². The normalized spacial score (nSPS) is 14.0. The Hall–Kier alpha value is -2.03. The number of hydrogen-bond acceptors (Lipinski definition) is 7. The number of likely N-dealkylation sites (N-methyl/N-ethyl adjacent to an activating group) is 1. The molecule has 3 unspecified atom stereocenters. The molecule has 0 aliphatic carbocycles. The number of quaternary nitrogens is 1. The first kappa shape index (κ1) is 73.0. The number of amides is 1. The molecule has 0 saturated carbocycles. The summed E-state index contributed by atoms with van der Waals surface area (Å²) >= 11 is 0. The van der Waals surface area contributed by atoms with E-state index in [-0.39, 0.29) is 31.5 Å². The van der Waals surface area contributed by atoms with Crippen LogP contribution in [0.2, 0.25) is 0 Å². The van der Waals surface area contributed by atoms with Gasteiger partial charge in [-0.1, -0.05) is 250 Å². The average molecular weight is 1080 g/mol. The molecule has 0 aromatic heterocycles. The van der Waals surface area contributed by atoms with Gasteiger partial charge in [-0.3, -0.25) is 14.2 Å². The van der Waals surface area contributed by atoms with Crippen LogP contribution in [0.1, 0.15) is 303 Å². The van der Waals surface area contributed by atoms with E-state index < -0.39 is 20.0 Å². The highest BCUT2D eigenvalue weighted by atomic mass is 31.2. The molecule has 0 aromatic rings. The van der Waals surface area contributed by atoms with Gasteiger partial charge in [-0.05, 0) is 89.5 Å². The van der Waals surface area contributed by atoms with Gasteiger partial charge in [0.1, 0.15) is 19.3 Å². The van der Waals surface area contributed by atoms with E-state index in [2.05, 4.69) is 62.5 Å². The van der Waals surface area contributed by atoms with Crippen LogP contribution in [0.15, 0.2) is 48.6 Å². The summed E-state index contributed by atoms with van der Waals surface area (Å²) < 4.78 is 30.3. The second-order valence-electron chi connectivity index (χ2n) is 22.9. The van der Waals surface area contributed by atoms with Gasteiger partial charge in [0.25, 0.3) is 7.82 Å². The van der Waals surface area contributed by atoms with Gasteiger partial charge in [-0.25, -0.2) is 0 Å². The van der Waals surface area contributed by atoms with E-state index in [0.29, 0.717) is 17.4 Å². The van der Waals surface area contributed by atoms with Gasteiger partial charge in [0.2, 0.25) is 5.91 Å². The smallest absolute Gasteiger partial charge is 0.306 e. The van der Waals surface area contributed by atoms with Gasteiger partial charge in [-0.15, -0.1) is 0 Å². The molecule has 0 heterocycles. The number of rotatable bonds is 58. The molecule has 9 nitrogen and oxygen atoms in total. The third-order valence-corrected chi connectivity index (χ3v) is 15.2. The van der Waals surface area contributed by atoms with Crippen LogP contribution in [-0.2, 0) is 27.9 Å². The van der Waals surface area contributed by atoms with Crippen molar-refractivity contribution in [3.05, 3.63) is 48.6 Å². The highest BCUT2D eigenvalue weighted by Gasteiger charge is 2.27. The zero-order valence-electron chi connectivity index (χ0n) is 50.3. The lowest BCUT2D eigenvalue weighted by atomic mass is 10.0. The first-order chi connectivity index (χ1) is 36.4. The van der Waals surface area contributed by atoms with Crippen molar-refractivity contribution >= 4 is 19.7 Å². The molecule has 0 aliphatic heterocycles. The van der Waals surface area contributed by atoms with Crippen LogP contribution in [-0.4, -0.2) is 69.4 Å². The van der Waals surface area contributed by atoms with Crippen LogP contribution in [0.5, 0.6) is 0 Å². The average Bonchev–Trinajstić information content (AvgIpc) is 3.37. The second-order valence-corrected chi connectivity index (χ2v) is 24.3. The Morgan fingerprint density at radius 1 is 0.467 bits per heavy atom. The summed E-state index contributed by atoms with van der Waals surface area (Å²) in [6, 6.07) is -0.890. The van der Waals surface area contributed by atoms with Crippen molar-refractivity contribution in [1.82, 2.24) is 5.32 Å². The van der Waals surface area contributed by atoms with Crippen molar-refractivity contribution in [2.45, 2.75) is 315 Å². The van der Waals surface area contributed by atoms with Crippen molar-refractivity contribution in [3.63, 3.8) is 0 Å². The minimum Gasteiger partial charge on any atom is -0.756 e. The molecule has 0 rings (SSSR count). The van der Waals surface area contributed by atoms with Crippen molar-refractivity contribution in [3.8, 4) is 0 Å². The van der Waals surface area contributed by atoms with Crippen LogP contribution in [0.3, 0.4) is 0 Å². The van der Waals surface area contributed by atoms with Crippen LogP contribution < -0.4 is 10.2 Å². The summed E-state index contributed by atoms with van der Waals surface area (Å²) in [4.78, 5) is 40.0. The van der Waals surface area contributed by atoms with Gasteiger partial charge in [0.15, 0.2) is 0 Å². The topological polar surface area (TPSA) is 114 Å². The molecule has 3 atom stereocenters. The minimum atomic E-state index is -4.70. The molecular formula is C65H123N2O7P. The summed E-state index contributed by atoms with van der Waals surface area (Å²) in [5, 5.41) is 3.03. The molecule has 0 spiro atoms. The van der Waals surface area contributed by atoms with E-state index in [1.165, 1.54) is 193 Å². The second kappa shape index (κ2) is 55.3. The lowest BCUT2D eigenvalue weighted by Gasteiger charge is -2.30. The summed E-state index contributed by atoms with van der Waals surface area (Å²) in [6.45, 7) is 6.83. The maximum Gasteiger partial charge on any atom is 0.306 e. The number of ether oxygens (including phenoxy) is 1. The highest BCUT2D eigenvalue weighted by molar-refractivity contribution is 7.45. The Kier molecular flexibility index (Phi) is 53.8. The number of carbonyl (C=O) groups is 2. The molecule has 1 amide bonds. The van der Waals surface area contributed by atoms with Crippen LogP contribution >= 0.6 is 7.82 Å². The van der Waals surface area contributed by atoms with Crippen molar-refractivity contribution < 1.29 is 37.3 Å². The monoisotopic (exact) mass is 1070 g/mol. The van der Waals surface area contributed by atoms with Gasteiger partial charge in [0.05, 0.1) is 33.8 Å². The number of nitrogens with zero attached hydrogens (tertiary/aromatic N) is 1. The van der Waals surface area contributed by atoms with E-state index in [9.17, 15) is 19.0 Å². The fourth-order valence-corrected chi connectivity index (χ4v) is 9.98. The van der Waals surface area contributed by atoms with Crippen molar-refractivity contribution in [2.75, 3.05) is 40.9 Å². The number of phosphoric acid groups is 1. The quantitative estimate of drug-likeness (QED) is 0.0212. The summed E-state index contributed by atoms with van der Waals surface area (Å²) in [6.07, 6.45) is 67.9. The third kappa shape index (κ3) is 56.5. The molecule has 1 N–H and O–H groups in total. The lowest BCUT2D eigenvalue weighted by Crippen LogP contribution is -2.47. The van der Waals surface area contributed by atoms with E-state index >= 15 is 0 Å². The fourth-order valence-electron chi connectivity index (χ4n) is 9.25. The molecule has 440 valence electrons. The largest absolute Gasteiger partial charge is 0.756 e. The van der Waals surface area contributed by atoms with Gasteiger partial charge < -0.3 is 28.5 Å². The molecule has 0 fully saturated rings. The number of phosphoric ester groups is 1. The van der Waals surface area contributed by atoms with Gasteiger partial charge >= 0.3 is 5.97 Å². The molecular weight excluding hydrogens is 952 g/mol. The molecule has 0 saturated heterocycles. The SMILES string of the molecule is CCCCC/C=C\C/C=C\CCCCCCCCCCCCCC(=O)NC(COP(=O)([O-])OCC[N+](C)(C)C)C(/C=C\CCCCCCCCCCC)OC(=O)CCCCCCCCC/C=C/CCCCCCCC. The minimum absolute atomic E-state index is 0.0228. The molecule has 75 heavy (non-hydrogen) atoms. The zero-order valence-corrected chi connectivity index (χ0v) is 51.2. The molecule has 0 aromatic carbocycles. The van der Waals surface area contributed by atoms with Crippen molar-refractivity contribution in [1.29, 1.82) is 0 Å². The summed E-state index contributed by atoms with van der Waals surface area (Å²) in [5.41, 5.74) is 0. The maximum absolute atomic E-state index is 13.5. The first-order valence-corrected chi connectivity index (χ1v) is 33.4. The summed E-state index contributed by atoms with van der Waals surface area (Å²) in [7, 11) is 1.19. The Bertz CT molecular complexity index is 1420. The molecule has 10 heteroatoms. The van der Waals surface area contributed by atoms with Crippen LogP contribution in [0.4, 0.5) is 0 Å². The Morgan fingerprint density at radius 3 is 1.24 bits per heavy atom. The maximum atomic E-state index is 13.5. The first-order valence-electron chi connectivity index (χ1n) is 31.9. The summed E-state index contributed by atoms with van der Waals surface area (Å²) in [5.74, 6) is -0.540. The van der Waals surface area contributed by atoms with Gasteiger partial charge in [0, 0.05) is 12.8 Å². The predicted octanol–water partition coefficient (Wildman–Crippen LogP) is 19.0. The predicted molar refractivity (Wildman–Crippen MR) is 321 cm³/mol. The number of allylic oxidation sites excluding steroid dienone is 7. The lowest BCUT2D eigenvalue weighted by molar-refractivity contribution is -0.870. The number of nitrogens with one attached hydrogen (secondary N) is 1. The van der Waals surface area contributed by atoms with E-state index in [1.807, 2.05) is 33.3 Å². The van der Waals surface area contributed by atoms with E-state index in [0.717, 1.165) is 77.0 Å². The Labute approximate surface area is 465 Å². The number of esters is 1. The number of carbonyl (C=O) groups excluding carboxylic acids is 2.